The molecule has 0 aromatic heterocycles. The number of allylic oxidation sites excluding steroid dienone is 2. The molecule has 2 heterocycles. The molecule has 0 unspecified atom stereocenters. The summed E-state index contributed by atoms with van der Waals surface area (Å²) in [5.74, 6) is 0.176. The molecule has 0 bridgehead atoms. The first-order valence-corrected chi connectivity index (χ1v) is 7.48. The van der Waals surface area contributed by atoms with Crippen LogP contribution in [0.1, 0.15) is 52.9 Å². The van der Waals surface area contributed by atoms with Crippen LogP contribution in [0.2, 0.25) is 0 Å². The van der Waals surface area contributed by atoms with Crippen LogP contribution in [-0.4, -0.2) is 29.1 Å². The fraction of sp³-hybridized carbons (Fsp3) is 0.750. The molecule has 1 saturated heterocycles. The van der Waals surface area contributed by atoms with Crippen LogP contribution in [0, 0.1) is 11.3 Å². The quantitative estimate of drug-likeness (QED) is 0.629. The molecule has 3 nitrogen and oxygen atoms in total. The summed E-state index contributed by atoms with van der Waals surface area (Å²) in [6.45, 7) is 7.29. The predicted octanol–water partition coefficient (Wildman–Crippen LogP) is 2.70. The van der Waals surface area contributed by atoms with Gasteiger partial charge in [-0.3, -0.25) is 9.59 Å². The van der Waals surface area contributed by atoms with Crippen molar-refractivity contribution >= 4 is 11.6 Å². The second-order valence-corrected chi connectivity index (χ2v) is 7.17. The van der Waals surface area contributed by atoms with Gasteiger partial charge in [0.1, 0.15) is 0 Å². The monoisotopic (exact) mass is 261 g/mol. The summed E-state index contributed by atoms with van der Waals surface area (Å²) in [7, 11) is 0. The lowest BCUT2D eigenvalue weighted by atomic mass is 9.69. The average Bonchev–Trinajstić information content (AvgIpc) is 2.34. The molecule has 0 saturated carbocycles. The molecule has 3 aliphatic rings. The zero-order valence-corrected chi connectivity index (χ0v) is 12.2. The largest absolute Gasteiger partial charge is 0.370 e. The van der Waals surface area contributed by atoms with E-state index in [9.17, 15) is 9.59 Å². The number of ketones is 2. The van der Waals surface area contributed by atoms with Gasteiger partial charge in [0.15, 0.2) is 11.6 Å². The average molecular weight is 261 g/mol. The molecule has 19 heavy (non-hydrogen) atoms. The smallest absolute Gasteiger partial charge is 0.173 e. The van der Waals surface area contributed by atoms with E-state index in [1.807, 2.05) is 6.92 Å². The van der Waals surface area contributed by atoms with E-state index in [0.717, 1.165) is 25.1 Å². The van der Waals surface area contributed by atoms with Crippen molar-refractivity contribution in [3.05, 3.63) is 11.3 Å². The van der Waals surface area contributed by atoms with Gasteiger partial charge in [-0.05, 0) is 31.1 Å². The molecule has 3 heteroatoms. The minimum atomic E-state index is -0.00999. The van der Waals surface area contributed by atoms with Crippen LogP contribution in [0.4, 0.5) is 0 Å². The van der Waals surface area contributed by atoms with E-state index in [1.54, 1.807) is 0 Å². The maximum absolute atomic E-state index is 12.5. The lowest BCUT2D eigenvalue weighted by Gasteiger charge is -2.49. The Labute approximate surface area is 115 Å². The highest BCUT2D eigenvalue weighted by atomic mass is 16.2. The van der Waals surface area contributed by atoms with E-state index in [1.165, 1.54) is 12.8 Å². The maximum atomic E-state index is 12.5. The molecule has 0 aromatic rings. The van der Waals surface area contributed by atoms with E-state index in [4.69, 9.17) is 0 Å². The lowest BCUT2D eigenvalue weighted by Crippen LogP contribution is -2.53. The topological polar surface area (TPSA) is 37.4 Å². The Morgan fingerprint density at radius 2 is 1.89 bits per heavy atom. The third kappa shape index (κ3) is 1.94. The molecular formula is C16H23NO2. The standard InChI is InChI=1S/C16H23NO2/c1-10-11-6-4-5-7-17(11)12-8-16(2,3)9-13(18)14(12)15(10)19/h10-11H,4-9H2,1-3H3/t10-,11-/m1/s1. The minimum absolute atomic E-state index is 0.00122. The Morgan fingerprint density at radius 3 is 2.63 bits per heavy atom. The van der Waals surface area contributed by atoms with Gasteiger partial charge in [0.05, 0.1) is 5.57 Å². The summed E-state index contributed by atoms with van der Waals surface area (Å²) in [6.07, 6.45) is 4.88. The van der Waals surface area contributed by atoms with Gasteiger partial charge in [0.25, 0.3) is 0 Å². The molecule has 0 amide bonds. The summed E-state index contributed by atoms with van der Waals surface area (Å²) in [4.78, 5) is 27.3. The molecule has 0 radical (unpaired) electrons. The van der Waals surface area contributed by atoms with Gasteiger partial charge in [0, 0.05) is 30.6 Å². The van der Waals surface area contributed by atoms with Crippen molar-refractivity contribution < 1.29 is 9.59 Å². The number of nitrogens with zero attached hydrogens (tertiary/aromatic N) is 1. The molecule has 1 fully saturated rings. The highest BCUT2D eigenvalue weighted by molar-refractivity contribution is 6.22. The van der Waals surface area contributed by atoms with Crippen LogP contribution in [-0.2, 0) is 9.59 Å². The fourth-order valence-corrected chi connectivity index (χ4v) is 4.03. The summed E-state index contributed by atoms with van der Waals surface area (Å²) in [6, 6.07) is 0.335. The van der Waals surface area contributed by atoms with Crippen molar-refractivity contribution in [2.75, 3.05) is 6.54 Å². The zero-order chi connectivity index (χ0) is 13.8. The number of fused-ring (bicyclic) bond motifs is 2. The van der Waals surface area contributed by atoms with E-state index < -0.39 is 0 Å². The van der Waals surface area contributed by atoms with Crippen molar-refractivity contribution in [1.29, 1.82) is 0 Å². The minimum Gasteiger partial charge on any atom is -0.370 e. The van der Waals surface area contributed by atoms with E-state index >= 15 is 0 Å². The molecule has 2 aliphatic heterocycles. The first-order chi connectivity index (χ1) is 8.91. The molecule has 1 aliphatic carbocycles. The molecule has 3 rings (SSSR count). The van der Waals surface area contributed by atoms with Crippen molar-refractivity contribution in [2.24, 2.45) is 11.3 Å². The number of Topliss-reactive ketones (excluding diaryl/α,β-unsaturated/α-hetero) is 2. The van der Waals surface area contributed by atoms with Gasteiger partial charge in [-0.15, -0.1) is 0 Å². The second-order valence-electron chi connectivity index (χ2n) is 7.17. The van der Waals surface area contributed by atoms with Crippen LogP contribution in [0.5, 0.6) is 0 Å². The van der Waals surface area contributed by atoms with Gasteiger partial charge < -0.3 is 4.90 Å². The van der Waals surface area contributed by atoms with Gasteiger partial charge >= 0.3 is 0 Å². The zero-order valence-electron chi connectivity index (χ0n) is 12.2. The molecular weight excluding hydrogens is 238 g/mol. The Balaban J connectivity index is 2.08. The van der Waals surface area contributed by atoms with E-state index in [0.29, 0.717) is 18.0 Å². The van der Waals surface area contributed by atoms with E-state index in [-0.39, 0.29) is 22.9 Å². The highest BCUT2D eigenvalue weighted by Gasteiger charge is 2.46. The van der Waals surface area contributed by atoms with Gasteiger partial charge in [-0.2, -0.15) is 0 Å². The van der Waals surface area contributed by atoms with Crippen molar-refractivity contribution in [3.63, 3.8) is 0 Å². The highest BCUT2D eigenvalue weighted by Crippen LogP contribution is 2.45. The van der Waals surface area contributed by atoms with Crippen LogP contribution in [0.15, 0.2) is 11.3 Å². The van der Waals surface area contributed by atoms with Crippen LogP contribution in [0.3, 0.4) is 0 Å². The second kappa shape index (κ2) is 4.19. The summed E-state index contributed by atoms with van der Waals surface area (Å²) < 4.78 is 0. The van der Waals surface area contributed by atoms with Gasteiger partial charge in [-0.25, -0.2) is 0 Å². The van der Waals surface area contributed by atoms with Crippen LogP contribution >= 0.6 is 0 Å². The number of piperidine rings is 1. The van der Waals surface area contributed by atoms with Crippen LogP contribution < -0.4 is 0 Å². The van der Waals surface area contributed by atoms with Crippen molar-refractivity contribution in [2.45, 2.75) is 58.9 Å². The van der Waals surface area contributed by atoms with Crippen molar-refractivity contribution in [3.8, 4) is 0 Å². The SMILES string of the molecule is C[C@H]1C(=O)C2=C(CC(C)(C)CC2=O)N2CCCC[C@H]12. The maximum Gasteiger partial charge on any atom is 0.173 e. The Hall–Kier alpha value is -1.12. The first kappa shape index (κ1) is 12.9. The number of hydrogen-bond donors (Lipinski definition) is 0. The number of carbonyl (C=O) groups is 2. The summed E-state index contributed by atoms with van der Waals surface area (Å²) in [5.41, 5.74) is 1.61. The van der Waals surface area contributed by atoms with Gasteiger partial charge in [-0.1, -0.05) is 20.8 Å². The molecule has 104 valence electrons. The van der Waals surface area contributed by atoms with Crippen LogP contribution in [0.25, 0.3) is 0 Å². The fourth-order valence-electron chi connectivity index (χ4n) is 4.03. The summed E-state index contributed by atoms with van der Waals surface area (Å²) in [5, 5.41) is 0. The number of hydrogen-bond acceptors (Lipinski definition) is 3. The Morgan fingerprint density at radius 1 is 1.16 bits per heavy atom. The third-order valence-corrected chi connectivity index (χ3v) is 4.99. The number of rotatable bonds is 0. The predicted molar refractivity (Wildman–Crippen MR) is 73.6 cm³/mol. The number of carbonyl (C=O) groups excluding carboxylic acids is 2. The molecule has 0 aromatic carbocycles. The first-order valence-electron chi connectivity index (χ1n) is 7.48. The normalized spacial score (nSPS) is 34.2. The third-order valence-electron chi connectivity index (χ3n) is 4.99. The molecule has 2 atom stereocenters. The lowest BCUT2D eigenvalue weighted by molar-refractivity contribution is -0.128. The van der Waals surface area contributed by atoms with Crippen molar-refractivity contribution in [1.82, 2.24) is 4.90 Å². The molecule has 0 N–H and O–H groups in total. The Kier molecular flexibility index (Phi) is 2.84. The van der Waals surface area contributed by atoms with E-state index in [2.05, 4.69) is 18.7 Å². The Bertz CT molecular complexity index is 475. The summed E-state index contributed by atoms with van der Waals surface area (Å²) >= 11 is 0. The molecule has 0 spiro atoms. The van der Waals surface area contributed by atoms with Gasteiger partial charge in [0.2, 0.25) is 0 Å².